The third kappa shape index (κ3) is 5.45. The number of carbonyl (C=O) groups excluding carboxylic acids is 1. The first kappa shape index (κ1) is 20.1. The Hall–Kier alpha value is -2.60. The van der Waals surface area contributed by atoms with Gasteiger partial charge < -0.3 is 15.0 Å². The number of halogens is 1. The molecular formula is C22H28FN3O2. The number of para-hydroxylation sites is 1. The summed E-state index contributed by atoms with van der Waals surface area (Å²) in [5.74, 6) is 0.704. The molecule has 28 heavy (non-hydrogen) atoms. The first-order chi connectivity index (χ1) is 13.7. The van der Waals surface area contributed by atoms with Gasteiger partial charge in [0.25, 0.3) is 0 Å². The third-order valence-electron chi connectivity index (χ3n) is 5.18. The van der Waals surface area contributed by atoms with Gasteiger partial charge in [0.15, 0.2) is 0 Å². The fourth-order valence-corrected chi connectivity index (χ4v) is 3.48. The van der Waals surface area contributed by atoms with Crippen molar-refractivity contribution < 1.29 is 13.9 Å². The molecule has 0 aromatic heterocycles. The Balaban J connectivity index is 1.37. The van der Waals surface area contributed by atoms with Crippen LogP contribution in [0.25, 0.3) is 0 Å². The molecule has 2 amide bonds. The summed E-state index contributed by atoms with van der Waals surface area (Å²) in [7, 11) is 1.70. The Labute approximate surface area is 166 Å². The molecule has 1 heterocycles. The minimum absolute atomic E-state index is 0.0688. The van der Waals surface area contributed by atoms with E-state index >= 15 is 0 Å². The molecule has 0 radical (unpaired) electrons. The van der Waals surface area contributed by atoms with Gasteiger partial charge in [-0.25, -0.2) is 9.18 Å². The number of piperazine rings is 1. The third-order valence-corrected chi connectivity index (χ3v) is 5.18. The molecule has 1 saturated heterocycles. The molecule has 1 N–H and O–H groups in total. The van der Waals surface area contributed by atoms with Gasteiger partial charge in [0.2, 0.25) is 0 Å². The van der Waals surface area contributed by atoms with Crippen LogP contribution < -0.4 is 10.1 Å². The van der Waals surface area contributed by atoms with Crippen molar-refractivity contribution >= 4 is 6.03 Å². The van der Waals surface area contributed by atoms with E-state index in [0.29, 0.717) is 31.6 Å². The molecule has 0 saturated carbocycles. The van der Waals surface area contributed by atoms with Crippen molar-refractivity contribution in [1.29, 1.82) is 0 Å². The predicted molar refractivity (Wildman–Crippen MR) is 108 cm³/mol. The van der Waals surface area contributed by atoms with Crippen LogP contribution in [-0.2, 0) is 12.8 Å². The smallest absolute Gasteiger partial charge is 0.317 e. The lowest BCUT2D eigenvalue weighted by atomic mass is 10.1. The quantitative estimate of drug-likeness (QED) is 0.797. The zero-order chi connectivity index (χ0) is 19.8. The second-order valence-electron chi connectivity index (χ2n) is 6.96. The molecule has 2 aromatic rings. The number of benzene rings is 2. The Morgan fingerprint density at radius 3 is 2.39 bits per heavy atom. The van der Waals surface area contributed by atoms with E-state index in [1.165, 1.54) is 11.6 Å². The summed E-state index contributed by atoms with van der Waals surface area (Å²) in [4.78, 5) is 16.5. The van der Waals surface area contributed by atoms with Gasteiger partial charge in [-0.1, -0.05) is 36.4 Å². The lowest BCUT2D eigenvalue weighted by molar-refractivity contribution is 0.140. The fraction of sp³-hybridized carbons (Fsp3) is 0.409. The lowest BCUT2D eigenvalue weighted by Gasteiger charge is -2.34. The van der Waals surface area contributed by atoms with Crippen LogP contribution in [0.4, 0.5) is 9.18 Å². The molecule has 1 aliphatic heterocycles. The highest BCUT2D eigenvalue weighted by Crippen LogP contribution is 2.18. The van der Waals surface area contributed by atoms with E-state index in [1.54, 1.807) is 19.2 Å². The number of methoxy groups -OCH3 is 1. The maximum Gasteiger partial charge on any atom is 0.317 e. The molecule has 0 unspecified atom stereocenters. The zero-order valence-corrected chi connectivity index (χ0v) is 16.4. The summed E-state index contributed by atoms with van der Waals surface area (Å²) in [5.41, 5.74) is 1.84. The monoisotopic (exact) mass is 385 g/mol. The Morgan fingerprint density at radius 1 is 1.00 bits per heavy atom. The topological polar surface area (TPSA) is 44.8 Å². The highest BCUT2D eigenvalue weighted by molar-refractivity contribution is 5.74. The number of rotatable bonds is 7. The van der Waals surface area contributed by atoms with Crippen molar-refractivity contribution in [2.75, 3.05) is 46.4 Å². The van der Waals surface area contributed by atoms with Crippen molar-refractivity contribution in [3.05, 3.63) is 65.5 Å². The van der Waals surface area contributed by atoms with Crippen molar-refractivity contribution in [2.45, 2.75) is 12.8 Å². The predicted octanol–water partition coefficient (Wildman–Crippen LogP) is 2.95. The van der Waals surface area contributed by atoms with E-state index < -0.39 is 0 Å². The SMILES string of the molecule is COc1ccccc1CCN1CCN(C(=O)NCCc2ccccc2F)CC1. The molecule has 0 atom stereocenters. The van der Waals surface area contributed by atoms with Crippen LogP contribution in [0.2, 0.25) is 0 Å². The number of hydrogen-bond acceptors (Lipinski definition) is 3. The zero-order valence-electron chi connectivity index (χ0n) is 16.4. The molecule has 5 nitrogen and oxygen atoms in total. The van der Waals surface area contributed by atoms with E-state index in [9.17, 15) is 9.18 Å². The van der Waals surface area contributed by atoms with E-state index in [0.717, 1.165) is 31.8 Å². The molecule has 6 heteroatoms. The van der Waals surface area contributed by atoms with Gasteiger partial charge in [-0.3, -0.25) is 4.90 Å². The Bertz CT molecular complexity index is 776. The number of nitrogens with zero attached hydrogens (tertiary/aromatic N) is 2. The standard InChI is InChI=1S/C22H28FN3O2/c1-28-21-9-5-3-7-19(21)11-13-25-14-16-26(17-15-25)22(27)24-12-10-18-6-2-4-8-20(18)23/h2-9H,10-17H2,1H3,(H,24,27). The molecule has 3 rings (SSSR count). The van der Waals surface area contributed by atoms with E-state index in [1.807, 2.05) is 29.2 Å². The van der Waals surface area contributed by atoms with Crippen molar-refractivity contribution in [2.24, 2.45) is 0 Å². The highest BCUT2D eigenvalue weighted by atomic mass is 19.1. The van der Waals surface area contributed by atoms with Crippen molar-refractivity contribution in [3.8, 4) is 5.75 Å². The normalized spacial score (nSPS) is 14.7. The Morgan fingerprint density at radius 2 is 1.68 bits per heavy atom. The number of urea groups is 1. The van der Waals surface area contributed by atoms with Crippen LogP contribution in [0.1, 0.15) is 11.1 Å². The van der Waals surface area contributed by atoms with Crippen LogP contribution in [0.3, 0.4) is 0 Å². The first-order valence-electron chi connectivity index (χ1n) is 9.78. The fourth-order valence-electron chi connectivity index (χ4n) is 3.48. The van der Waals surface area contributed by atoms with Crippen LogP contribution in [0.5, 0.6) is 5.75 Å². The van der Waals surface area contributed by atoms with Gasteiger partial charge >= 0.3 is 6.03 Å². The van der Waals surface area contributed by atoms with E-state index in [-0.39, 0.29) is 11.8 Å². The number of carbonyl (C=O) groups is 1. The number of nitrogens with one attached hydrogen (secondary N) is 1. The van der Waals surface area contributed by atoms with Crippen LogP contribution in [0.15, 0.2) is 48.5 Å². The largest absolute Gasteiger partial charge is 0.496 e. The van der Waals surface area contributed by atoms with Gasteiger partial charge in [0.1, 0.15) is 11.6 Å². The van der Waals surface area contributed by atoms with E-state index in [4.69, 9.17) is 4.74 Å². The summed E-state index contributed by atoms with van der Waals surface area (Å²) in [5, 5.41) is 2.90. The minimum atomic E-state index is -0.222. The molecule has 2 aromatic carbocycles. The average molecular weight is 385 g/mol. The summed E-state index contributed by atoms with van der Waals surface area (Å²) >= 11 is 0. The first-order valence-corrected chi connectivity index (χ1v) is 9.78. The lowest BCUT2D eigenvalue weighted by Crippen LogP contribution is -2.52. The number of ether oxygens (including phenoxy) is 1. The second kappa shape index (κ2) is 10.1. The Kier molecular flexibility index (Phi) is 7.25. The minimum Gasteiger partial charge on any atom is -0.496 e. The van der Waals surface area contributed by atoms with Crippen LogP contribution >= 0.6 is 0 Å². The highest BCUT2D eigenvalue weighted by Gasteiger charge is 2.20. The second-order valence-corrected chi connectivity index (χ2v) is 6.96. The summed E-state index contributed by atoms with van der Waals surface area (Å²) in [6.45, 7) is 4.51. The molecule has 150 valence electrons. The van der Waals surface area contributed by atoms with Gasteiger partial charge in [-0.2, -0.15) is 0 Å². The molecule has 0 bridgehead atoms. The van der Waals surface area contributed by atoms with Gasteiger partial charge in [-0.15, -0.1) is 0 Å². The van der Waals surface area contributed by atoms with Gasteiger partial charge in [0, 0.05) is 39.3 Å². The number of amides is 2. The van der Waals surface area contributed by atoms with Gasteiger partial charge in [-0.05, 0) is 36.1 Å². The maximum absolute atomic E-state index is 13.6. The van der Waals surface area contributed by atoms with Crippen molar-refractivity contribution in [1.82, 2.24) is 15.1 Å². The average Bonchev–Trinajstić information content (AvgIpc) is 2.74. The van der Waals surface area contributed by atoms with Crippen LogP contribution in [0, 0.1) is 5.82 Å². The van der Waals surface area contributed by atoms with Crippen LogP contribution in [-0.4, -0.2) is 62.2 Å². The molecule has 0 spiro atoms. The number of hydrogen-bond donors (Lipinski definition) is 1. The molecule has 1 fully saturated rings. The van der Waals surface area contributed by atoms with Gasteiger partial charge in [0.05, 0.1) is 7.11 Å². The maximum atomic E-state index is 13.6. The van der Waals surface area contributed by atoms with Crippen molar-refractivity contribution in [3.63, 3.8) is 0 Å². The molecule has 1 aliphatic rings. The van der Waals surface area contributed by atoms with E-state index in [2.05, 4.69) is 16.3 Å². The summed E-state index contributed by atoms with van der Waals surface area (Å²) in [6, 6.07) is 14.7. The molecular weight excluding hydrogens is 357 g/mol. The summed E-state index contributed by atoms with van der Waals surface area (Å²) in [6.07, 6.45) is 1.43. The molecule has 0 aliphatic carbocycles. The summed E-state index contributed by atoms with van der Waals surface area (Å²) < 4.78 is 19.0.